The lowest BCUT2D eigenvalue weighted by Crippen LogP contribution is -2.01. The Hall–Kier alpha value is -2.54. The second-order valence-electron chi connectivity index (χ2n) is 4.69. The Kier molecular flexibility index (Phi) is 3.96. The van der Waals surface area contributed by atoms with E-state index >= 15 is 0 Å². The van der Waals surface area contributed by atoms with E-state index in [4.69, 9.17) is 16.3 Å². The second-order valence-corrected chi connectivity index (χ2v) is 5.07. The highest BCUT2D eigenvalue weighted by molar-refractivity contribution is 6.29. The molecule has 5 nitrogen and oxygen atoms in total. The molecule has 0 fully saturated rings. The Morgan fingerprint density at radius 1 is 1.04 bits per heavy atom. The SMILES string of the molecule is COc1ccc(Cl)nc1-c1nnc(-c2c(F)cccc2F)n1C. The average Bonchev–Trinajstić information content (AvgIpc) is 2.89. The van der Waals surface area contributed by atoms with Gasteiger partial charge in [0.15, 0.2) is 17.3 Å². The van der Waals surface area contributed by atoms with Gasteiger partial charge in [0.25, 0.3) is 0 Å². The van der Waals surface area contributed by atoms with Gasteiger partial charge < -0.3 is 9.30 Å². The number of methoxy groups -OCH3 is 1. The molecule has 118 valence electrons. The molecular weight excluding hydrogens is 326 g/mol. The number of halogens is 3. The summed E-state index contributed by atoms with van der Waals surface area (Å²) in [4.78, 5) is 4.16. The molecule has 8 heteroatoms. The zero-order valence-corrected chi connectivity index (χ0v) is 13.0. The molecule has 0 saturated heterocycles. The highest BCUT2D eigenvalue weighted by Gasteiger charge is 2.21. The first-order chi connectivity index (χ1) is 11.0. The first-order valence-electron chi connectivity index (χ1n) is 6.57. The van der Waals surface area contributed by atoms with Crippen LogP contribution in [0.5, 0.6) is 5.75 Å². The molecule has 2 aromatic heterocycles. The van der Waals surface area contributed by atoms with Crippen molar-refractivity contribution in [3.8, 4) is 28.7 Å². The zero-order chi connectivity index (χ0) is 16.6. The lowest BCUT2D eigenvalue weighted by Gasteiger charge is -2.08. The van der Waals surface area contributed by atoms with Crippen LogP contribution < -0.4 is 4.74 Å². The third kappa shape index (κ3) is 2.63. The van der Waals surface area contributed by atoms with Crippen LogP contribution in [0.15, 0.2) is 30.3 Å². The van der Waals surface area contributed by atoms with Crippen molar-refractivity contribution in [2.75, 3.05) is 7.11 Å². The molecule has 0 spiro atoms. The third-order valence-electron chi connectivity index (χ3n) is 3.32. The van der Waals surface area contributed by atoms with Crippen LogP contribution >= 0.6 is 11.6 Å². The van der Waals surface area contributed by atoms with Crippen molar-refractivity contribution < 1.29 is 13.5 Å². The normalized spacial score (nSPS) is 10.8. The van der Waals surface area contributed by atoms with Gasteiger partial charge in [-0.15, -0.1) is 10.2 Å². The molecule has 0 unspecified atom stereocenters. The molecule has 0 amide bonds. The first kappa shape index (κ1) is 15.4. The van der Waals surface area contributed by atoms with Gasteiger partial charge in [-0.05, 0) is 24.3 Å². The number of hydrogen-bond donors (Lipinski definition) is 0. The largest absolute Gasteiger partial charge is 0.494 e. The smallest absolute Gasteiger partial charge is 0.186 e. The van der Waals surface area contributed by atoms with Gasteiger partial charge in [0.05, 0.1) is 12.7 Å². The summed E-state index contributed by atoms with van der Waals surface area (Å²) in [6.45, 7) is 0. The topological polar surface area (TPSA) is 52.8 Å². The molecule has 0 N–H and O–H groups in total. The summed E-state index contributed by atoms with van der Waals surface area (Å²) in [6.07, 6.45) is 0. The molecule has 3 aromatic rings. The number of ether oxygens (including phenoxy) is 1. The van der Waals surface area contributed by atoms with E-state index in [1.807, 2.05) is 0 Å². The van der Waals surface area contributed by atoms with E-state index in [0.717, 1.165) is 12.1 Å². The van der Waals surface area contributed by atoms with Crippen molar-refractivity contribution in [3.05, 3.63) is 47.1 Å². The van der Waals surface area contributed by atoms with Crippen molar-refractivity contribution in [3.63, 3.8) is 0 Å². The Morgan fingerprint density at radius 3 is 2.35 bits per heavy atom. The molecule has 0 atom stereocenters. The van der Waals surface area contributed by atoms with E-state index in [1.54, 1.807) is 19.2 Å². The van der Waals surface area contributed by atoms with Crippen LogP contribution in [0, 0.1) is 11.6 Å². The van der Waals surface area contributed by atoms with Crippen LogP contribution in [-0.4, -0.2) is 26.9 Å². The van der Waals surface area contributed by atoms with Crippen molar-refractivity contribution in [2.24, 2.45) is 7.05 Å². The van der Waals surface area contributed by atoms with E-state index in [9.17, 15) is 8.78 Å². The number of aromatic nitrogens is 4. The predicted octanol–water partition coefficient (Wildman–Crippen LogP) is 3.48. The summed E-state index contributed by atoms with van der Waals surface area (Å²) >= 11 is 5.91. The van der Waals surface area contributed by atoms with Gasteiger partial charge in [-0.1, -0.05) is 17.7 Å². The van der Waals surface area contributed by atoms with Crippen LogP contribution in [-0.2, 0) is 7.05 Å². The maximum absolute atomic E-state index is 14.0. The monoisotopic (exact) mass is 336 g/mol. The molecule has 0 saturated carbocycles. The maximum Gasteiger partial charge on any atom is 0.186 e. The van der Waals surface area contributed by atoms with Gasteiger partial charge in [-0.25, -0.2) is 13.8 Å². The fraction of sp³-hybridized carbons (Fsp3) is 0.133. The lowest BCUT2D eigenvalue weighted by molar-refractivity contribution is 0.414. The maximum atomic E-state index is 14.0. The van der Waals surface area contributed by atoms with Crippen molar-refractivity contribution in [1.29, 1.82) is 0 Å². The van der Waals surface area contributed by atoms with Crippen molar-refractivity contribution in [1.82, 2.24) is 19.7 Å². The van der Waals surface area contributed by atoms with Crippen LogP contribution in [0.4, 0.5) is 8.78 Å². The molecule has 23 heavy (non-hydrogen) atoms. The number of pyridine rings is 1. The molecule has 0 aliphatic rings. The number of nitrogens with zero attached hydrogens (tertiary/aromatic N) is 4. The zero-order valence-electron chi connectivity index (χ0n) is 12.2. The van der Waals surface area contributed by atoms with Gasteiger partial charge in [0.2, 0.25) is 0 Å². The quantitative estimate of drug-likeness (QED) is 0.687. The third-order valence-corrected chi connectivity index (χ3v) is 3.53. The molecule has 0 radical (unpaired) electrons. The van der Waals surface area contributed by atoms with Gasteiger partial charge >= 0.3 is 0 Å². The van der Waals surface area contributed by atoms with Crippen LogP contribution in [0.25, 0.3) is 22.9 Å². The van der Waals surface area contributed by atoms with E-state index in [1.165, 1.54) is 17.7 Å². The van der Waals surface area contributed by atoms with Crippen LogP contribution in [0.3, 0.4) is 0 Å². The fourth-order valence-corrected chi connectivity index (χ4v) is 2.36. The van der Waals surface area contributed by atoms with Crippen molar-refractivity contribution >= 4 is 11.6 Å². The number of hydrogen-bond acceptors (Lipinski definition) is 4. The number of rotatable bonds is 3. The number of benzene rings is 1. The van der Waals surface area contributed by atoms with E-state index in [-0.39, 0.29) is 22.4 Å². The summed E-state index contributed by atoms with van der Waals surface area (Å²) in [5.74, 6) is -0.706. The summed E-state index contributed by atoms with van der Waals surface area (Å²) in [6, 6.07) is 6.80. The highest BCUT2D eigenvalue weighted by Crippen LogP contribution is 2.31. The Morgan fingerprint density at radius 2 is 1.70 bits per heavy atom. The van der Waals surface area contributed by atoms with Gasteiger partial charge in [0, 0.05) is 7.05 Å². The molecule has 0 bridgehead atoms. The minimum atomic E-state index is -0.724. The minimum absolute atomic E-state index is 0.0411. The average molecular weight is 337 g/mol. The lowest BCUT2D eigenvalue weighted by atomic mass is 10.2. The van der Waals surface area contributed by atoms with Crippen LogP contribution in [0.2, 0.25) is 5.15 Å². The van der Waals surface area contributed by atoms with Gasteiger partial charge in [-0.2, -0.15) is 0 Å². The molecule has 0 aliphatic heterocycles. The van der Waals surface area contributed by atoms with E-state index < -0.39 is 11.6 Å². The Balaban J connectivity index is 2.20. The summed E-state index contributed by atoms with van der Waals surface area (Å²) in [5, 5.41) is 8.09. The minimum Gasteiger partial charge on any atom is -0.494 e. The molecule has 1 aromatic carbocycles. The molecule has 3 rings (SSSR count). The molecular formula is C15H11ClF2N4O. The van der Waals surface area contributed by atoms with Crippen LogP contribution in [0.1, 0.15) is 0 Å². The fourth-order valence-electron chi connectivity index (χ4n) is 2.21. The standard InChI is InChI=1S/C15H11ClF2N4O/c1-22-14(12-8(17)4-3-5-9(12)18)20-21-15(22)13-10(23-2)6-7-11(16)19-13/h3-7H,1-2H3. The van der Waals surface area contributed by atoms with Crippen molar-refractivity contribution in [2.45, 2.75) is 0 Å². The van der Waals surface area contributed by atoms with E-state index in [2.05, 4.69) is 15.2 Å². The Labute approximate surface area is 135 Å². The Bertz CT molecular complexity index is 862. The van der Waals surface area contributed by atoms with Gasteiger partial charge in [-0.3, -0.25) is 0 Å². The van der Waals surface area contributed by atoms with E-state index in [0.29, 0.717) is 11.4 Å². The molecule has 0 aliphatic carbocycles. The summed E-state index contributed by atoms with van der Waals surface area (Å²) < 4.78 is 34.6. The summed E-state index contributed by atoms with van der Waals surface area (Å²) in [7, 11) is 3.06. The predicted molar refractivity (Wildman–Crippen MR) is 81.1 cm³/mol. The second kappa shape index (κ2) is 5.92. The summed E-state index contributed by atoms with van der Waals surface area (Å²) in [5.41, 5.74) is 0.0766. The first-order valence-corrected chi connectivity index (χ1v) is 6.95. The molecule has 2 heterocycles. The van der Waals surface area contributed by atoms with Gasteiger partial charge in [0.1, 0.15) is 22.5 Å². The highest BCUT2D eigenvalue weighted by atomic mass is 35.5.